The van der Waals surface area contributed by atoms with Crippen LogP contribution in [0.4, 0.5) is 0 Å². The molecule has 1 heterocycles. The van der Waals surface area contributed by atoms with Gasteiger partial charge in [-0.15, -0.1) is 0 Å². The van der Waals surface area contributed by atoms with Crippen LogP contribution in [0, 0.1) is 0 Å². The van der Waals surface area contributed by atoms with Gasteiger partial charge in [-0.3, -0.25) is 4.79 Å². The molecule has 3 unspecified atom stereocenters. The van der Waals surface area contributed by atoms with E-state index in [0.717, 1.165) is 18.7 Å². The largest absolute Gasteiger partial charge is 0.337 e. The molecule has 22 heavy (non-hydrogen) atoms. The Morgan fingerprint density at radius 2 is 1.91 bits per heavy atom. The van der Waals surface area contributed by atoms with Gasteiger partial charge in [0.2, 0.25) is 5.91 Å². The normalized spacial score (nSPS) is 23.5. The third-order valence-corrected chi connectivity index (χ3v) is 4.96. The maximum atomic E-state index is 12.9. The first kappa shape index (κ1) is 15.0. The highest BCUT2D eigenvalue weighted by atomic mass is 16.2. The molecule has 0 aliphatic carbocycles. The Kier molecular flexibility index (Phi) is 4.16. The lowest BCUT2D eigenvalue weighted by Gasteiger charge is -2.40. The Labute approximate surface area is 132 Å². The minimum Gasteiger partial charge on any atom is -0.337 e. The van der Waals surface area contributed by atoms with Crippen molar-refractivity contribution in [3.05, 3.63) is 48.0 Å². The van der Waals surface area contributed by atoms with Crippen LogP contribution in [0.15, 0.2) is 42.5 Å². The number of nitrogens with zero attached hydrogens (tertiary/aromatic N) is 1. The Morgan fingerprint density at radius 1 is 1.18 bits per heavy atom. The fraction of sp³-hybridized carbons (Fsp3) is 0.421. The van der Waals surface area contributed by atoms with Crippen LogP contribution in [0.25, 0.3) is 10.8 Å². The van der Waals surface area contributed by atoms with Crippen molar-refractivity contribution in [2.24, 2.45) is 0 Å². The third-order valence-electron chi connectivity index (χ3n) is 4.96. The van der Waals surface area contributed by atoms with E-state index in [2.05, 4.69) is 49.5 Å². The Bertz CT molecular complexity index is 682. The number of fused-ring (bicyclic) bond motifs is 1. The van der Waals surface area contributed by atoms with Gasteiger partial charge in [0.15, 0.2) is 0 Å². The number of hydrogen-bond acceptors (Lipinski definition) is 2. The van der Waals surface area contributed by atoms with Crippen LogP contribution >= 0.6 is 0 Å². The van der Waals surface area contributed by atoms with E-state index in [1.54, 1.807) is 0 Å². The van der Waals surface area contributed by atoms with Crippen LogP contribution in [-0.4, -0.2) is 36.0 Å². The quantitative estimate of drug-likeness (QED) is 0.923. The molecule has 0 aromatic heterocycles. The lowest BCUT2D eigenvalue weighted by Crippen LogP contribution is -2.57. The van der Waals surface area contributed by atoms with Crippen molar-refractivity contribution in [2.75, 3.05) is 13.1 Å². The summed E-state index contributed by atoms with van der Waals surface area (Å²) in [6.07, 6.45) is 0. The third kappa shape index (κ3) is 2.73. The second-order valence-electron chi connectivity index (χ2n) is 6.34. The zero-order valence-electron chi connectivity index (χ0n) is 13.5. The lowest BCUT2D eigenvalue weighted by atomic mass is 9.95. The van der Waals surface area contributed by atoms with Gasteiger partial charge in [-0.1, -0.05) is 42.5 Å². The Hall–Kier alpha value is -1.87. The van der Waals surface area contributed by atoms with Crippen LogP contribution in [-0.2, 0) is 4.79 Å². The molecule has 3 nitrogen and oxygen atoms in total. The number of benzene rings is 2. The van der Waals surface area contributed by atoms with E-state index >= 15 is 0 Å². The topological polar surface area (TPSA) is 32.3 Å². The van der Waals surface area contributed by atoms with Crippen LogP contribution in [0.3, 0.4) is 0 Å². The summed E-state index contributed by atoms with van der Waals surface area (Å²) < 4.78 is 0. The van der Waals surface area contributed by atoms with E-state index in [4.69, 9.17) is 0 Å². The molecule has 1 saturated heterocycles. The summed E-state index contributed by atoms with van der Waals surface area (Å²) in [5.41, 5.74) is 1.10. The van der Waals surface area contributed by atoms with Crippen molar-refractivity contribution < 1.29 is 4.79 Å². The molecule has 0 radical (unpaired) electrons. The molecule has 1 N–H and O–H groups in total. The number of rotatable bonds is 2. The van der Waals surface area contributed by atoms with E-state index in [1.807, 2.05) is 24.0 Å². The first-order valence-electron chi connectivity index (χ1n) is 8.10. The van der Waals surface area contributed by atoms with E-state index in [1.165, 1.54) is 10.8 Å². The van der Waals surface area contributed by atoms with Gasteiger partial charge in [-0.2, -0.15) is 0 Å². The van der Waals surface area contributed by atoms with Crippen LogP contribution in [0.1, 0.15) is 32.3 Å². The van der Waals surface area contributed by atoms with Crippen molar-refractivity contribution in [1.29, 1.82) is 0 Å². The summed E-state index contributed by atoms with van der Waals surface area (Å²) in [7, 11) is 0. The summed E-state index contributed by atoms with van der Waals surface area (Å²) in [6.45, 7) is 7.96. The van der Waals surface area contributed by atoms with Gasteiger partial charge in [-0.25, -0.2) is 0 Å². The first-order chi connectivity index (χ1) is 10.6. The standard InChI is InChI=1S/C19H24N2O/c1-13(19(22)21-11-10-20-14(2)15(21)3)17-9-8-16-6-4-5-7-18(16)12-17/h4-9,12-15,20H,10-11H2,1-3H3. The number of carbonyl (C=O) groups is 1. The molecule has 3 rings (SSSR count). The van der Waals surface area contributed by atoms with Gasteiger partial charge in [0, 0.05) is 25.2 Å². The number of hydrogen-bond donors (Lipinski definition) is 1. The van der Waals surface area contributed by atoms with Gasteiger partial charge in [0.25, 0.3) is 0 Å². The van der Waals surface area contributed by atoms with Crippen molar-refractivity contribution in [3.8, 4) is 0 Å². The molecule has 1 aliphatic heterocycles. The summed E-state index contributed by atoms with van der Waals surface area (Å²) >= 11 is 0. The molecule has 3 heteroatoms. The number of amides is 1. The highest BCUT2D eigenvalue weighted by Gasteiger charge is 2.31. The van der Waals surface area contributed by atoms with Gasteiger partial charge in [0.1, 0.15) is 0 Å². The molecule has 1 aliphatic rings. The van der Waals surface area contributed by atoms with Crippen LogP contribution in [0.2, 0.25) is 0 Å². The molecule has 0 saturated carbocycles. The molecule has 1 fully saturated rings. The lowest BCUT2D eigenvalue weighted by molar-refractivity contribution is -0.136. The number of piperazine rings is 1. The van der Waals surface area contributed by atoms with Crippen molar-refractivity contribution >= 4 is 16.7 Å². The van der Waals surface area contributed by atoms with E-state index in [-0.39, 0.29) is 17.9 Å². The minimum absolute atomic E-state index is 0.0997. The number of carbonyl (C=O) groups excluding carboxylic acids is 1. The van der Waals surface area contributed by atoms with Gasteiger partial charge in [-0.05, 0) is 37.1 Å². The highest BCUT2D eigenvalue weighted by molar-refractivity contribution is 5.87. The molecule has 0 bridgehead atoms. The van der Waals surface area contributed by atoms with Gasteiger partial charge >= 0.3 is 0 Å². The Morgan fingerprint density at radius 3 is 2.68 bits per heavy atom. The van der Waals surface area contributed by atoms with Gasteiger partial charge < -0.3 is 10.2 Å². The smallest absolute Gasteiger partial charge is 0.230 e. The summed E-state index contributed by atoms with van der Waals surface area (Å²) in [5, 5.41) is 5.84. The van der Waals surface area contributed by atoms with Gasteiger partial charge in [0.05, 0.1) is 5.92 Å². The van der Waals surface area contributed by atoms with Crippen molar-refractivity contribution in [2.45, 2.75) is 38.8 Å². The average molecular weight is 296 g/mol. The SMILES string of the molecule is CC(C(=O)N1CCNC(C)C1C)c1ccc2ccccc2c1. The Balaban J connectivity index is 1.85. The fourth-order valence-corrected chi connectivity index (χ4v) is 3.24. The second kappa shape index (κ2) is 6.09. The minimum atomic E-state index is -0.0997. The van der Waals surface area contributed by atoms with E-state index in [0.29, 0.717) is 6.04 Å². The maximum absolute atomic E-state index is 12.9. The first-order valence-corrected chi connectivity index (χ1v) is 8.10. The second-order valence-corrected chi connectivity index (χ2v) is 6.34. The van der Waals surface area contributed by atoms with E-state index < -0.39 is 0 Å². The van der Waals surface area contributed by atoms with E-state index in [9.17, 15) is 4.79 Å². The maximum Gasteiger partial charge on any atom is 0.230 e. The molecule has 1 amide bonds. The zero-order chi connectivity index (χ0) is 15.7. The highest BCUT2D eigenvalue weighted by Crippen LogP contribution is 2.24. The molecule has 3 atom stereocenters. The predicted octanol–water partition coefficient (Wildman–Crippen LogP) is 3.15. The summed E-state index contributed by atoms with van der Waals surface area (Å²) in [5.74, 6) is 0.133. The monoisotopic (exact) mass is 296 g/mol. The molecule has 116 valence electrons. The summed E-state index contributed by atoms with van der Waals surface area (Å²) in [6, 6.07) is 15.2. The predicted molar refractivity (Wildman–Crippen MR) is 91.0 cm³/mol. The molecule has 2 aromatic carbocycles. The van der Waals surface area contributed by atoms with Crippen LogP contribution < -0.4 is 5.32 Å². The summed E-state index contributed by atoms with van der Waals surface area (Å²) in [4.78, 5) is 14.9. The van der Waals surface area contributed by atoms with Crippen LogP contribution in [0.5, 0.6) is 0 Å². The van der Waals surface area contributed by atoms with Crippen molar-refractivity contribution in [3.63, 3.8) is 0 Å². The molecular formula is C19H24N2O. The molecule has 0 spiro atoms. The fourth-order valence-electron chi connectivity index (χ4n) is 3.24. The van der Waals surface area contributed by atoms with Crippen molar-refractivity contribution in [1.82, 2.24) is 10.2 Å². The average Bonchev–Trinajstić information content (AvgIpc) is 2.55. The molecule has 2 aromatic rings. The number of nitrogens with one attached hydrogen (secondary N) is 1. The zero-order valence-corrected chi connectivity index (χ0v) is 13.5. The molecular weight excluding hydrogens is 272 g/mol.